The number of fused-ring (bicyclic) bond motifs is 2. The van der Waals surface area contributed by atoms with Gasteiger partial charge in [-0.1, -0.05) is 60.1 Å². The van der Waals surface area contributed by atoms with Gasteiger partial charge in [0.2, 0.25) is 5.76 Å². The van der Waals surface area contributed by atoms with Gasteiger partial charge in [-0.05, 0) is 60.2 Å². The second-order valence-corrected chi connectivity index (χ2v) is 8.65. The summed E-state index contributed by atoms with van der Waals surface area (Å²) in [7, 11) is 0. The van der Waals surface area contributed by atoms with Gasteiger partial charge in [0.1, 0.15) is 17.1 Å². The number of amides is 1. The Bertz CT molecular complexity index is 1640. The van der Waals surface area contributed by atoms with E-state index in [1.807, 2.05) is 54.6 Å². The van der Waals surface area contributed by atoms with Gasteiger partial charge in [-0.2, -0.15) is 0 Å². The maximum Gasteiger partial charge on any atom is 0.295 e. The van der Waals surface area contributed by atoms with Crippen LogP contribution in [0.25, 0.3) is 11.0 Å². The summed E-state index contributed by atoms with van der Waals surface area (Å²) in [5.41, 5.74) is 1.71. The van der Waals surface area contributed by atoms with Crippen molar-refractivity contribution < 1.29 is 13.9 Å². The Kier molecular flexibility index (Phi) is 5.12. The normalized spacial score (nSPS) is 14.8. The molecule has 0 bridgehead atoms. The van der Waals surface area contributed by atoms with Crippen molar-refractivity contribution in [3.63, 3.8) is 0 Å². The van der Waals surface area contributed by atoms with Crippen molar-refractivity contribution in [3.8, 4) is 11.5 Å². The van der Waals surface area contributed by atoms with Crippen LogP contribution in [-0.2, 0) is 0 Å². The van der Waals surface area contributed by atoms with E-state index in [4.69, 9.17) is 20.8 Å². The van der Waals surface area contributed by atoms with Crippen molar-refractivity contribution in [2.75, 3.05) is 4.90 Å². The lowest BCUT2D eigenvalue weighted by Gasteiger charge is -2.25. The highest BCUT2D eigenvalue weighted by atomic mass is 35.5. The highest BCUT2D eigenvalue weighted by Gasteiger charge is 2.43. The average Bonchev–Trinajstić information content (AvgIpc) is 3.17. The van der Waals surface area contributed by atoms with Crippen LogP contribution in [-0.4, -0.2) is 5.91 Å². The third-order valence-electron chi connectivity index (χ3n) is 6.02. The molecule has 6 rings (SSSR count). The molecule has 0 fully saturated rings. The van der Waals surface area contributed by atoms with Crippen LogP contribution in [0.5, 0.6) is 11.5 Å². The summed E-state index contributed by atoms with van der Waals surface area (Å²) in [5.74, 6) is 0.910. The van der Waals surface area contributed by atoms with E-state index in [1.54, 1.807) is 53.4 Å². The van der Waals surface area contributed by atoms with Crippen molar-refractivity contribution in [2.24, 2.45) is 0 Å². The van der Waals surface area contributed by atoms with Crippen LogP contribution in [0, 0.1) is 0 Å². The lowest BCUT2D eigenvalue weighted by Crippen LogP contribution is -2.29. The molecule has 0 spiro atoms. The van der Waals surface area contributed by atoms with Gasteiger partial charge < -0.3 is 9.15 Å². The Morgan fingerprint density at radius 3 is 2.34 bits per heavy atom. The minimum absolute atomic E-state index is 0.0352. The van der Waals surface area contributed by atoms with Crippen LogP contribution in [0.4, 0.5) is 5.69 Å². The van der Waals surface area contributed by atoms with Gasteiger partial charge >= 0.3 is 0 Å². The van der Waals surface area contributed by atoms with E-state index in [0.29, 0.717) is 44.3 Å². The van der Waals surface area contributed by atoms with Gasteiger partial charge in [-0.3, -0.25) is 14.5 Å². The molecule has 1 aliphatic heterocycles. The molecule has 1 amide bonds. The van der Waals surface area contributed by atoms with E-state index >= 15 is 0 Å². The molecule has 0 aliphatic carbocycles. The van der Waals surface area contributed by atoms with E-state index < -0.39 is 11.9 Å². The Morgan fingerprint density at radius 2 is 1.51 bits per heavy atom. The fourth-order valence-corrected chi connectivity index (χ4v) is 4.68. The monoisotopic (exact) mass is 479 g/mol. The summed E-state index contributed by atoms with van der Waals surface area (Å²) in [6, 6.07) is 30.0. The number of nitrogens with zero attached hydrogens (tertiary/aromatic N) is 1. The first-order valence-electron chi connectivity index (χ1n) is 11.1. The molecule has 35 heavy (non-hydrogen) atoms. The van der Waals surface area contributed by atoms with Crippen molar-refractivity contribution in [1.29, 1.82) is 0 Å². The number of halogens is 1. The predicted molar refractivity (Wildman–Crippen MR) is 136 cm³/mol. The first-order chi connectivity index (χ1) is 17.1. The maximum atomic E-state index is 13.7. The molecule has 0 saturated heterocycles. The fraction of sp³-hybridized carbons (Fsp3) is 0.0345. The summed E-state index contributed by atoms with van der Waals surface area (Å²) in [6.07, 6.45) is 0. The number of anilines is 1. The number of para-hydroxylation sites is 2. The van der Waals surface area contributed by atoms with E-state index in [-0.39, 0.29) is 11.2 Å². The minimum Gasteiger partial charge on any atom is -0.457 e. The maximum absolute atomic E-state index is 13.7. The molecule has 0 N–H and O–H groups in total. The molecular formula is C29H18ClNO4. The molecule has 0 saturated carbocycles. The lowest BCUT2D eigenvalue weighted by atomic mass is 9.98. The molecule has 4 aromatic carbocycles. The number of ether oxygens (including phenoxy) is 1. The van der Waals surface area contributed by atoms with Crippen LogP contribution >= 0.6 is 11.6 Å². The highest BCUT2D eigenvalue weighted by molar-refractivity contribution is 6.31. The van der Waals surface area contributed by atoms with Crippen molar-refractivity contribution in [3.05, 3.63) is 135 Å². The molecule has 1 atom stereocenters. The number of carbonyl (C=O) groups is 1. The van der Waals surface area contributed by atoms with Crippen LogP contribution in [0.3, 0.4) is 0 Å². The fourth-order valence-electron chi connectivity index (χ4n) is 4.50. The van der Waals surface area contributed by atoms with Gasteiger partial charge in [0.05, 0.1) is 17.0 Å². The van der Waals surface area contributed by atoms with E-state index in [0.717, 1.165) is 0 Å². The quantitative estimate of drug-likeness (QED) is 0.279. The first kappa shape index (κ1) is 21.2. The zero-order chi connectivity index (χ0) is 23.9. The topological polar surface area (TPSA) is 59.8 Å². The summed E-state index contributed by atoms with van der Waals surface area (Å²) in [5, 5.41) is 0.907. The molecular weight excluding hydrogens is 462 g/mol. The predicted octanol–water partition coefficient (Wildman–Crippen LogP) is 6.99. The smallest absolute Gasteiger partial charge is 0.295 e. The summed E-state index contributed by atoms with van der Waals surface area (Å²) < 4.78 is 12.0. The Labute approximate surface area is 205 Å². The van der Waals surface area contributed by atoms with Gasteiger partial charge in [-0.25, -0.2) is 0 Å². The zero-order valence-electron chi connectivity index (χ0n) is 18.4. The zero-order valence-corrected chi connectivity index (χ0v) is 19.1. The van der Waals surface area contributed by atoms with Gasteiger partial charge in [0.15, 0.2) is 5.43 Å². The van der Waals surface area contributed by atoms with Crippen molar-refractivity contribution in [2.45, 2.75) is 6.04 Å². The second-order valence-electron chi connectivity index (χ2n) is 8.22. The third-order valence-corrected chi connectivity index (χ3v) is 6.25. The van der Waals surface area contributed by atoms with Gasteiger partial charge in [-0.15, -0.1) is 0 Å². The van der Waals surface area contributed by atoms with Gasteiger partial charge in [0.25, 0.3) is 5.91 Å². The summed E-state index contributed by atoms with van der Waals surface area (Å²) in [4.78, 5) is 28.9. The van der Waals surface area contributed by atoms with Crippen LogP contribution in [0.1, 0.15) is 27.7 Å². The van der Waals surface area contributed by atoms with E-state index in [9.17, 15) is 9.59 Å². The highest BCUT2D eigenvalue weighted by Crippen LogP contribution is 2.42. The summed E-state index contributed by atoms with van der Waals surface area (Å²) >= 11 is 6.26. The molecule has 6 heteroatoms. The molecule has 170 valence electrons. The Morgan fingerprint density at radius 1 is 0.771 bits per heavy atom. The standard InChI is InChI=1S/C29H18ClNO4/c30-19-9-7-10-20(17-19)31-26(18-8-6-13-22(16-18)34-21-11-2-1-3-12-21)25-27(32)23-14-4-5-15-24(23)35-28(25)29(31)33/h1-17,26H. The molecule has 0 radical (unpaired) electrons. The third kappa shape index (κ3) is 3.66. The van der Waals surface area contributed by atoms with E-state index in [2.05, 4.69) is 0 Å². The Hall–Kier alpha value is -4.35. The number of hydrogen-bond acceptors (Lipinski definition) is 4. The molecule has 2 heterocycles. The molecule has 1 aliphatic rings. The van der Waals surface area contributed by atoms with E-state index in [1.165, 1.54) is 0 Å². The molecule has 5 nitrogen and oxygen atoms in total. The SMILES string of the molecule is O=C1c2oc3ccccc3c(=O)c2C(c2cccc(Oc3ccccc3)c2)N1c1cccc(Cl)c1. The Balaban J connectivity index is 1.56. The molecule has 5 aromatic rings. The van der Waals surface area contributed by atoms with Crippen LogP contribution in [0.2, 0.25) is 5.02 Å². The second kappa shape index (κ2) is 8.46. The number of carbonyl (C=O) groups excluding carboxylic acids is 1. The minimum atomic E-state index is -0.712. The average molecular weight is 480 g/mol. The van der Waals surface area contributed by atoms with Crippen molar-refractivity contribution >= 4 is 34.2 Å². The first-order valence-corrected chi connectivity index (χ1v) is 11.5. The molecule has 1 unspecified atom stereocenters. The van der Waals surface area contributed by atoms with Crippen LogP contribution < -0.4 is 15.1 Å². The molecule has 1 aromatic heterocycles. The number of hydrogen-bond donors (Lipinski definition) is 0. The number of rotatable bonds is 4. The van der Waals surface area contributed by atoms with Crippen LogP contribution in [0.15, 0.2) is 112 Å². The largest absolute Gasteiger partial charge is 0.457 e. The number of benzene rings is 4. The lowest BCUT2D eigenvalue weighted by molar-refractivity contribution is 0.0971. The van der Waals surface area contributed by atoms with Crippen molar-refractivity contribution in [1.82, 2.24) is 0 Å². The van der Waals surface area contributed by atoms with Gasteiger partial charge in [0, 0.05) is 10.7 Å². The summed E-state index contributed by atoms with van der Waals surface area (Å²) in [6.45, 7) is 0.